The molecule has 2 aliphatic rings. The Morgan fingerprint density at radius 1 is 1.27 bits per heavy atom. The van der Waals surface area contributed by atoms with Crippen LogP contribution in [-0.2, 0) is 9.47 Å². The normalized spacial score (nSPS) is 34.3. The lowest BCUT2D eigenvalue weighted by Gasteiger charge is -2.48. The Balaban J connectivity index is 2.36. The molecule has 0 spiro atoms. The molecule has 2 heterocycles. The quantitative estimate of drug-likeness (QED) is 0.783. The molecule has 6 nitrogen and oxygen atoms in total. The molecule has 3 rings (SSSR count). The first-order valence-corrected chi connectivity index (χ1v) is 8.70. The van der Waals surface area contributed by atoms with E-state index in [1.54, 1.807) is 19.9 Å². The van der Waals surface area contributed by atoms with Crippen LogP contribution >= 0.6 is 15.9 Å². The van der Waals surface area contributed by atoms with Crippen molar-refractivity contribution in [2.24, 2.45) is 16.7 Å². The lowest BCUT2D eigenvalue weighted by molar-refractivity contribution is -0.273. The van der Waals surface area contributed by atoms with Gasteiger partial charge in [0.2, 0.25) is 17.1 Å². The van der Waals surface area contributed by atoms with Crippen molar-refractivity contribution in [3.63, 3.8) is 0 Å². The first-order valence-electron chi connectivity index (χ1n) is 7.90. The Morgan fingerprint density at radius 2 is 1.92 bits per heavy atom. The van der Waals surface area contributed by atoms with Gasteiger partial charge >= 0.3 is 0 Å². The van der Waals surface area contributed by atoms with E-state index in [-0.39, 0.29) is 5.56 Å². The van der Waals surface area contributed by atoms with Crippen LogP contribution in [0, 0.1) is 62.0 Å². The third-order valence-corrected chi connectivity index (χ3v) is 5.86. The molecule has 0 amide bonds. The highest BCUT2D eigenvalue weighted by atomic mass is 79.9. The summed E-state index contributed by atoms with van der Waals surface area (Å²) >= 11 is 3.16. The van der Waals surface area contributed by atoms with E-state index < -0.39 is 40.4 Å². The molecule has 0 aromatic heterocycles. The van der Waals surface area contributed by atoms with Crippen LogP contribution in [0.4, 0.5) is 4.39 Å². The summed E-state index contributed by atoms with van der Waals surface area (Å²) in [5.74, 6) is -3.31. The fraction of sp³-hybridized carbons (Fsp3) is 0.444. The summed E-state index contributed by atoms with van der Waals surface area (Å²) in [4.78, 5) is 0. The first kappa shape index (κ1) is 18.3. The standard InChI is InChI=1S/C18H14BrFN4O2/c1-3-13-16(2)25-14(11-5-4-10(19)6-12(11)20)17(7-21,8-22)18(13,9-23)15(24)26-16/h4-6,13-14,24H,3H2,1-2H3. The zero-order chi connectivity index (χ0) is 19.3. The zero-order valence-corrected chi connectivity index (χ0v) is 15.6. The lowest BCUT2D eigenvalue weighted by Crippen LogP contribution is -2.58. The molecular formula is C18H14BrFN4O2. The Kier molecular flexibility index (Phi) is 4.07. The van der Waals surface area contributed by atoms with Gasteiger partial charge in [0.15, 0.2) is 5.41 Å². The second kappa shape index (κ2) is 5.77. The Hall–Kier alpha value is -2.47. The van der Waals surface area contributed by atoms with Crippen molar-refractivity contribution in [2.45, 2.75) is 32.2 Å². The molecule has 1 aromatic carbocycles. The van der Waals surface area contributed by atoms with Crippen LogP contribution in [0.15, 0.2) is 22.7 Å². The molecule has 1 N–H and O–H groups in total. The number of rotatable bonds is 2. The summed E-state index contributed by atoms with van der Waals surface area (Å²) in [7, 11) is 0. The van der Waals surface area contributed by atoms with Crippen LogP contribution in [0.2, 0.25) is 0 Å². The molecule has 8 heteroatoms. The highest BCUT2D eigenvalue weighted by Crippen LogP contribution is 2.67. The van der Waals surface area contributed by atoms with Crippen LogP contribution in [-0.4, -0.2) is 11.7 Å². The number of nitrogens with zero attached hydrogens (tertiary/aromatic N) is 3. The molecule has 0 radical (unpaired) electrons. The molecule has 4 atom stereocenters. The summed E-state index contributed by atoms with van der Waals surface area (Å²) in [5, 5.41) is 38.2. The number of hydrogen-bond acceptors (Lipinski definition) is 6. The Labute approximate surface area is 158 Å². The van der Waals surface area contributed by atoms with Gasteiger partial charge in [-0.15, -0.1) is 0 Å². The van der Waals surface area contributed by atoms with E-state index in [2.05, 4.69) is 15.9 Å². The van der Waals surface area contributed by atoms with Gasteiger partial charge in [-0.2, -0.15) is 15.8 Å². The average Bonchev–Trinajstić information content (AvgIpc) is 2.78. The maximum Gasteiger partial charge on any atom is 0.214 e. The molecule has 0 aliphatic carbocycles. The van der Waals surface area contributed by atoms with E-state index >= 15 is 0 Å². The van der Waals surface area contributed by atoms with Crippen LogP contribution in [0.3, 0.4) is 0 Å². The number of nitrogens with one attached hydrogen (secondary N) is 1. The van der Waals surface area contributed by atoms with Gasteiger partial charge < -0.3 is 9.47 Å². The van der Waals surface area contributed by atoms with Gasteiger partial charge in [-0.25, -0.2) is 4.39 Å². The first-order chi connectivity index (χ1) is 12.3. The van der Waals surface area contributed by atoms with Crippen molar-refractivity contribution < 1.29 is 13.9 Å². The third kappa shape index (κ3) is 1.93. The summed E-state index contributed by atoms with van der Waals surface area (Å²) in [6.07, 6.45) is -1.05. The second-order valence-electron chi connectivity index (χ2n) is 6.52. The van der Waals surface area contributed by atoms with E-state index in [0.717, 1.165) is 0 Å². The molecule has 26 heavy (non-hydrogen) atoms. The monoisotopic (exact) mass is 416 g/mol. The molecule has 2 aliphatic heterocycles. The van der Waals surface area contributed by atoms with Crippen molar-refractivity contribution in [3.8, 4) is 18.2 Å². The van der Waals surface area contributed by atoms with Crippen LogP contribution < -0.4 is 0 Å². The van der Waals surface area contributed by atoms with Crippen molar-refractivity contribution in [3.05, 3.63) is 34.1 Å². The number of ether oxygens (including phenoxy) is 2. The van der Waals surface area contributed by atoms with Crippen LogP contribution in [0.5, 0.6) is 0 Å². The lowest BCUT2D eigenvalue weighted by atomic mass is 9.53. The minimum Gasteiger partial charge on any atom is -0.448 e. The Morgan fingerprint density at radius 3 is 2.42 bits per heavy atom. The number of benzene rings is 1. The van der Waals surface area contributed by atoms with Gasteiger partial charge in [-0.05, 0) is 18.6 Å². The van der Waals surface area contributed by atoms with E-state index in [1.807, 2.05) is 18.2 Å². The van der Waals surface area contributed by atoms with E-state index in [1.165, 1.54) is 12.1 Å². The van der Waals surface area contributed by atoms with Crippen LogP contribution in [0.25, 0.3) is 0 Å². The maximum absolute atomic E-state index is 14.6. The smallest absolute Gasteiger partial charge is 0.214 e. The van der Waals surface area contributed by atoms with E-state index in [9.17, 15) is 20.2 Å². The highest BCUT2D eigenvalue weighted by molar-refractivity contribution is 9.10. The molecule has 0 saturated carbocycles. The fourth-order valence-corrected chi connectivity index (χ4v) is 4.55. The Bertz CT molecular complexity index is 917. The summed E-state index contributed by atoms with van der Waals surface area (Å²) < 4.78 is 26.6. The van der Waals surface area contributed by atoms with Gasteiger partial charge in [-0.3, -0.25) is 5.41 Å². The van der Waals surface area contributed by atoms with Crippen molar-refractivity contribution in [1.82, 2.24) is 0 Å². The predicted molar refractivity (Wildman–Crippen MR) is 90.6 cm³/mol. The molecule has 2 saturated heterocycles. The fourth-order valence-electron chi connectivity index (χ4n) is 4.22. The minimum absolute atomic E-state index is 0.0324. The van der Waals surface area contributed by atoms with Crippen molar-refractivity contribution in [1.29, 1.82) is 21.2 Å². The zero-order valence-electron chi connectivity index (χ0n) is 14.0. The van der Waals surface area contributed by atoms with Gasteiger partial charge in [-0.1, -0.05) is 28.9 Å². The number of fused-ring (bicyclic) bond motifs is 2. The molecular weight excluding hydrogens is 403 g/mol. The van der Waals surface area contributed by atoms with Crippen molar-refractivity contribution >= 4 is 21.8 Å². The number of nitriles is 3. The van der Waals surface area contributed by atoms with Gasteiger partial charge in [0.05, 0.1) is 24.1 Å². The second-order valence-corrected chi connectivity index (χ2v) is 7.44. The summed E-state index contributed by atoms with van der Waals surface area (Å²) in [6, 6.07) is 9.92. The highest BCUT2D eigenvalue weighted by Gasteiger charge is 2.79. The topological polar surface area (TPSA) is 114 Å². The van der Waals surface area contributed by atoms with E-state index in [0.29, 0.717) is 10.9 Å². The predicted octanol–water partition coefficient (Wildman–Crippen LogP) is 3.95. The third-order valence-electron chi connectivity index (χ3n) is 5.37. The largest absolute Gasteiger partial charge is 0.448 e. The number of hydrogen-bond donors (Lipinski definition) is 1. The van der Waals surface area contributed by atoms with Gasteiger partial charge in [0.25, 0.3) is 0 Å². The van der Waals surface area contributed by atoms with E-state index in [4.69, 9.17) is 14.9 Å². The summed E-state index contributed by atoms with van der Waals surface area (Å²) in [5.41, 5.74) is -4.03. The number of halogens is 2. The molecule has 1 aromatic rings. The molecule has 2 bridgehead atoms. The minimum atomic E-state index is -2.13. The van der Waals surface area contributed by atoms with Crippen LogP contribution in [0.1, 0.15) is 31.9 Å². The molecule has 132 valence electrons. The summed E-state index contributed by atoms with van der Waals surface area (Å²) in [6.45, 7) is 3.32. The molecule has 2 fully saturated rings. The SMILES string of the molecule is CCC1C2(C)OC(=N)C1(C#N)C(C#N)(C#N)C(c1ccc(Br)cc1F)O2. The maximum atomic E-state index is 14.6. The average molecular weight is 417 g/mol. The molecule has 4 unspecified atom stereocenters. The van der Waals surface area contributed by atoms with Gasteiger partial charge in [0.1, 0.15) is 11.9 Å². The van der Waals surface area contributed by atoms with Crippen molar-refractivity contribution in [2.75, 3.05) is 0 Å². The van der Waals surface area contributed by atoms with Gasteiger partial charge in [0, 0.05) is 17.0 Å².